The molecule has 0 aliphatic rings. The van der Waals surface area contributed by atoms with Crippen LogP contribution >= 0.6 is 43.2 Å². The van der Waals surface area contributed by atoms with Crippen LogP contribution in [0.3, 0.4) is 0 Å². The Morgan fingerprint density at radius 3 is 2.47 bits per heavy atom. The molecule has 1 heterocycles. The number of ketones is 1. The Labute approximate surface area is 108 Å². The fourth-order valence-electron chi connectivity index (χ4n) is 1.02. The Morgan fingerprint density at radius 1 is 1.33 bits per heavy atom. The molecule has 1 rings (SSSR count). The number of hydrogen-bond acceptors (Lipinski definition) is 3. The molecule has 0 amide bonds. The number of halogens is 2. The van der Waals surface area contributed by atoms with Gasteiger partial charge in [-0.15, -0.1) is 11.3 Å². The van der Waals surface area contributed by atoms with Gasteiger partial charge in [0, 0.05) is 22.7 Å². The number of rotatable bonds is 5. The minimum atomic E-state index is -0.866. The van der Waals surface area contributed by atoms with Crippen LogP contribution in [0, 0.1) is 0 Å². The van der Waals surface area contributed by atoms with E-state index >= 15 is 0 Å². The van der Waals surface area contributed by atoms with Crippen LogP contribution < -0.4 is 0 Å². The summed E-state index contributed by atoms with van der Waals surface area (Å²) >= 11 is 7.94. The van der Waals surface area contributed by atoms with Gasteiger partial charge in [-0.25, -0.2) is 0 Å². The zero-order valence-electron chi connectivity index (χ0n) is 7.63. The minimum Gasteiger partial charge on any atom is -0.481 e. The Bertz CT molecular complexity index is 387. The summed E-state index contributed by atoms with van der Waals surface area (Å²) in [7, 11) is 0. The molecular weight excluding hydrogens is 348 g/mol. The summed E-state index contributed by atoms with van der Waals surface area (Å²) in [5.74, 6) is -0.881. The lowest BCUT2D eigenvalue weighted by Crippen LogP contribution is -2.00. The summed E-state index contributed by atoms with van der Waals surface area (Å²) in [6.45, 7) is 0. The van der Waals surface area contributed by atoms with E-state index in [-0.39, 0.29) is 18.6 Å². The van der Waals surface area contributed by atoms with Crippen molar-refractivity contribution >= 4 is 54.9 Å². The average Bonchev–Trinajstić information content (AvgIpc) is 2.47. The minimum absolute atomic E-state index is 0.0150. The van der Waals surface area contributed by atoms with E-state index in [0.29, 0.717) is 11.3 Å². The predicted molar refractivity (Wildman–Crippen MR) is 65.5 cm³/mol. The number of carbonyl (C=O) groups is 2. The van der Waals surface area contributed by atoms with Gasteiger partial charge in [0.25, 0.3) is 0 Å². The van der Waals surface area contributed by atoms with Crippen LogP contribution in [-0.4, -0.2) is 16.9 Å². The molecule has 3 nitrogen and oxygen atoms in total. The molecule has 1 N–H and O–H groups in total. The van der Waals surface area contributed by atoms with E-state index in [2.05, 4.69) is 31.9 Å². The van der Waals surface area contributed by atoms with Crippen LogP contribution in [0.2, 0.25) is 0 Å². The standard InChI is InChI=1S/C9H8Br2O3S/c10-5-4-15-9(8(5)11)6(12)2-1-3-7(13)14/h4H,1-3H2,(H,13,14). The molecule has 6 heteroatoms. The van der Waals surface area contributed by atoms with Crippen molar-refractivity contribution in [2.45, 2.75) is 19.3 Å². The van der Waals surface area contributed by atoms with E-state index in [9.17, 15) is 9.59 Å². The second-order valence-electron chi connectivity index (χ2n) is 2.90. The van der Waals surface area contributed by atoms with Crippen molar-refractivity contribution < 1.29 is 14.7 Å². The Hall–Kier alpha value is -0.200. The molecule has 0 aromatic carbocycles. The Balaban J connectivity index is 2.54. The number of carboxylic acids is 1. The van der Waals surface area contributed by atoms with Gasteiger partial charge < -0.3 is 5.11 Å². The number of hydrogen-bond donors (Lipinski definition) is 1. The zero-order chi connectivity index (χ0) is 11.4. The lowest BCUT2D eigenvalue weighted by Gasteiger charge is -1.97. The molecule has 0 bridgehead atoms. The number of Topliss-reactive ketones (excluding diaryl/α,β-unsaturated/α-hetero) is 1. The third kappa shape index (κ3) is 3.70. The van der Waals surface area contributed by atoms with Gasteiger partial charge in [-0.3, -0.25) is 9.59 Å². The second-order valence-corrected chi connectivity index (χ2v) is 5.42. The number of carbonyl (C=O) groups excluding carboxylic acids is 1. The first-order chi connectivity index (χ1) is 7.02. The van der Waals surface area contributed by atoms with Crippen molar-refractivity contribution in [2.24, 2.45) is 0 Å². The summed E-state index contributed by atoms with van der Waals surface area (Å²) in [6.07, 6.45) is 0.698. The monoisotopic (exact) mass is 354 g/mol. The second kappa shape index (κ2) is 5.77. The van der Waals surface area contributed by atoms with Crippen molar-refractivity contribution in [1.82, 2.24) is 0 Å². The molecule has 0 saturated carbocycles. The highest BCUT2D eigenvalue weighted by Gasteiger charge is 2.14. The lowest BCUT2D eigenvalue weighted by molar-refractivity contribution is -0.137. The van der Waals surface area contributed by atoms with Crippen molar-refractivity contribution in [2.75, 3.05) is 0 Å². The average molecular weight is 356 g/mol. The van der Waals surface area contributed by atoms with Gasteiger partial charge in [0.05, 0.1) is 9.35 Å². The maximum Gasteiger partial charge on any atom is 0.303 e. The molecule has 0 atom stereocenters. The normalized spacial score (nSPS) is 10.3. The summed E-state index contributed by atoms with van der Waals surface area (Å²) in [6, 6.07) is 0. The topological polar surface area (TPSA) is 54.4 Å². The Kier molecular flexibility index (Phi) is 4.95. The third-order valence-electron chi connectivity index (χ3n) is 1.74. The molecule has 1 aromatic heterocycles. The maximum absolute atomic E-state index is 11.6. The zero-order valence-corrected chi connectivity index (χ0v) is 11.6. The first kappa shape index (κ1) is 12.9. The molecule has 0 aliphatic carbocycles. The quantitative estimate of drug-likeness (QED) is 0.819. The van der Waals surface area contributed by atoms with Crippen LogP contribution in [0.25, 0.3) is 0 Å². The van der Waals surface area contributed by atoms with E-state index < -0.39 is 5.97 Å². The third-order valence-corrected chi connectivity index (χ3v) is 5.30. The van der Waals surface area contributed by atoms with Crippen LogP contribution in [0.5, 0.6) is 0 Å². The fourth-order valence-corrected chi connectivity index (χ4v) is 3.19. The van der Waals surface area contributed by atoms with E-state index in [1.165, 1.54) is 11.3 Å². The Morgan fingerprint density at radius 2 is 2.00 bits per heavy atom. The van der Waals surface area contributed by atoms with Gasteiger partial charge in [-0.1, -0.05) is 0 Å². The van der Waals surface area contributed by atoms with Crippen LogP contribution in [0.4, 0.5) is 0 Å². The van der Waals surface area contributed by atoms with Crippen molar-refractivity contribution in [1.29, 1.82) is 0 Å². The van der Waals surface area contributed by atoms with E-state index in [1.54, 1.807) is 0 Å². The molecule has 1 aromatic rings. The van der Waals surface area contributed by atoms with E-state index in [1.807, 2.05) is 5.38 Å². The predicted octanol–water partition coefficient (Wildman–Crippen LogP) is 3.71. The molecule has 0 aliphatic heterocycles. The SMILES string of the molecule is O=C(O)CCCC(=O)c1scc(Br)c1Br. The summed E-state index contributed by atoms with van der Waals surface area (Å²) in [4.78, 5) is 22.5. The first-order valence-corrected chi connectivity index (χ1v) is 6.66. The largest absolute Gasteiger partial charge is 0.481 e. The molecule has 0 unspecified atom stereocenters. The van der Waals surface area contributed by atoms with Gasteiger partial charge in [0.15, 0.2) is 5.78 Å². The number of thiophene rings is 1. The fraction of sp³-hybridized carbons (Fsp3) is 0.333. The van der Waals surface area contributed by atoms with Gasteiger partial charge in [-0.05, 0) is 38.3 Å². The molecular formula is C9H8Br2O3S. The van der Waals surface area contributed by atoms with E-state index in [0.717, 1.165) is 8.95 Å². The molecule has 15 heavy (non-hydrogen) atoms. The number of aliphatic carboxylic acids is 1. The molecule has 0 spiro atoms. The van der Waals surface area contributed by atoms with Crippen molar-refractivity contribution in [3.05, 3.63) is 19.2 Å². The van der Waals surface area contributed by atoms with Crippen molar-refractivity contribution in [3.8, 4) is 0 Å². The molecule has 0 radical (unpaired) electrons. The lowest BCUT2D eigenvalue weighted by atomic mass is 10.1. The molecule has 0 saturated heterocycles. The van der Waals surface area contributed by atoms with Gasteiger partial charge >= 0.3 is 5.97 Å². The van der Waals surface area contributed by atoms with E-state index in [4.69, 9.17) is 5.11 Å². The summed E-state index contributed by atoms with van der Waals surface area (Å²) in [5, 5.41) is 10.3. The highest BCUT2D eigenvalue weighted by atomic mass is 79.9. The van der Waals surface area contributed by atoms with Crippen LogP contribution in [-0.2, 0) is 4.79 Å². The van der Waals surface area contributed by atoms with Gasteiger partial charge in [-0.2, -0.15) is 0 Å². The van der Waals surface area contributed by atoms with Gasteiger partial charge in [0.2, 0.25) is 0 Å². The molecule has 0 fully saturated rings. The van der Waals surface area contributed by atoms with Crippen LogP contribution in [0.1, 0.15) is 28.9 Å². The first-order valence-electron chi connectivity index (χ1n) is 4.20. The summed E-state index contributed by atoms with van der Waals surface area (Å²) < 4.78 is 1.61. The smallest absolute Gasteiger partial charge is 0.303 e. The highest BCUT2D eigenvalue weighted by Crippen LogP contribution is 2.33. The highest BCUT2D eigenvalue weighted by molar-refractivity contribution is 9.13. The maximum atomic E-state index is 11.6. The molecule has 82 valence electrons. The van der Waals surface area contributed by atoms with Gasteiger partial charge in [0.1, 0.15) is 0 Å². The number of carboxylic acid groups (broad SMARTS) is 1. The van der Waals surface area contributed by atoms with Crippen molar-refractivity contribution in [3.63, 3.8) is 0 Å². The summed E-state index contributed by atoms with van der Waals surface area (Å²) in [5.41, 5.74) is 0. The van der Waals surface area contributed by atoms with Crippen LogP contribution in [0.15, 0.2) is 14.3 Å².